The number of aromatic nitrogens is 1. The van der Waals surface area contributed by atoms with Gasteiger partial charge in [-0.1, -0.05) is 12.1 Å². The molecule has 8 heteroatoms. The number of carbonyl (C=O) groups is 2. The van der Waals surface area contributed by atoms with E-state index in [1.54, 1.807) is 12.1 Å². The first-order chi connectivity index (χ1) is 12.1. The number of hydrogen-bond acceptors (Lipinski definition) is 3. The average molecular weight is 365 g/mol. The number of halogens is 3. The Balaban J connectivity index is 2.02. The lowest BCUT2D eigenvalue weighted by molar-refractivity contribution is -0.141. The van der Waals surface area contributed by atoms with Crippen molar-refractivity contribution in [2.24, 2.45) is 0 Å². The van der Waals surface area contributed by atoms with E-state index in [2.05, 4.69) is 10.3 Å². The van der Waals surface area contributed by atoms with Crippen LogP contribution in [0.2, 0.25) is 0 Å². The maximum absolute atomic E-state index is 12.5. The summed E-state index contributed by atoms with van der Waals surface area (Å²) in [6.07, 6.45) is -3.72. The van der Waals surface area contributed by atoms with E-state index < -0.39 is 23.7 Å². The van der Waals surface area contributed by atoms with Crippen molar-refractivity contribution >= 4 is 17.5 Å². The molecule has 0 fully saturated rings. The molecule has 1 N–H and O–H groups in total. The van der Waals surface area contributed by atoms with Gasteiger partial charge in [0.25, 0.3) is 5.91 Å². The van der Waals surface area contributed by atoms with Crippen LogP contribution in [0, 0.1) is 13.8 Å². The van der Waals surface area contributed by atoms with Gasteiger partial charge in [0.05, 0.1) is 12.1 Å². The molecule has 138 valence electrons. The lowest BCUT2D eigenvalue weighted by atomic mass is 10.1. The Morgan fingerprint density at radius 3 is 2.42 bits per heavy atom. The molecular formula is C18H18F3N3O2. The predicted octanol–water partition coefficient (Wildman–Crippen LogP) is 3.43. The first kappa shape index (κ1) is 19.4. The number of benzene rings is 1. The fourth-order valence-electron chi connectivity index (χ4n) is 2.27. The third-order valence-corrected chi connectivity index (χ3v) is 3.91. The average Bonchev–Trinajstić information content (AvgIpc) is 2.57. The molecular weight excluding hydrogens is 347 g/mol. The summed E-state index contributed by atoms with van der Waals surface area (Å²) in [5.74, 6) is -1.00. The molecule has 0 saturated carbocycles. The van der Waals surface area contributed by atoms with Gasteiger partial charge in [0.15, 0.2) is 0 Å². The van der Waals surface area contributed by atoms with Crippen molar-refractivity contribution in [3.05, 3.63) is 58.9 Å². The Hall–Kier alpha value is -2.90. The molecule has 0 saturated heterocycles. The molecule has 0 radical (unpaired) electrons. The SMILES string of the molecule is Cc1cccc(NC(=O)CN(C)C(=O)c2ccc(C(F)(F)F)nc2)c1C. The Morgan fingerprint density at radius 1 is 1.15 bits per heavy atom. The molecule has 0 spiro atoms. The molecule has 0 aliphatic rings. The van der Waals surface area contributed by atoms with Crippen LogP contribution in [-0.2, 0) is 11.0 Å². The van der Waals surface area contributed by atoms with Gasteiger partial charge in [-0.15, -0.1) is 0 Å². The van der Waals surface area contributed by atoms with Gasteiger partial charge in [0.2, 0.25) is 5.91 Å². The van der Waals surface area contributed by atoms with Gasteiger partial charge in [-0.3, -0.25) is 14.6 Å². The summed E-state index contributed by atoms with van der Waals surface area (Å²) in [5.41, 5.74) is 1.47. The summed E-state index contributed by atoms with van der Waals surface area (Å²) in [4.78, 5) is 28.7. The zero-order chi connectivity index (χ0) is 19.5. The Bertz CT molecular complexity index is 817. The van der Waals surface area contributed by atoms with E-state index in [-0.39, 0.29) is 12.1 Å². The number of nitrogens with one attached hydrogen (secondary N) is 1. The molecule has 0 atom stereocenters. The van der Waals surface area contributed by atoms with Gasteiger partial charge >= 0.3 is 6.18 Å². The van der Waals surface area contributed by atoms with Crippen molar-refractivity contribution in [1.82, 2.24) is 9.88 Å². The number of likely N-dealkylation sites (N-methyl/N-ethyl adjacent to an activating group) is 1. The predicted molar refractivity (Wildman–Crippen MR) is 90.7 cm³/mol. The number of rotatable bonds is 4. The van der Waals surface area contributed by atoms with Crippen LogP contribution in [0.25, 0.3) is 0 Å². The molecule has 2 aromatic rings. The Labute approximate surface area is 148 Å². The molecule has 1 heterocycles. The van der Waals surface area contributed by atoms with E-state index in [1.165, 1.54) is 7.05 Å². The van der Waals surface area contributed by atoms with Crippen molar-refractivity contribution in [3.8, 4) is 0 Å². The van der Waals surface area contributed by atoms with Crippen LogP contribution < -0.4 is 5.32 Å². The second-order valence-corrected chi connectivity index (χ2v) is 5.89. The van der Waals surface area contributed by atoms with E-state index >= 15 is 0 Å². The van der Waals surface area contributed by atoms with E-state index in [9.17, 15) is 22.8 Å². The van der Waals surface area contributed by atoms with Crippen molar-refractivity contribution in [2.45, 2.75) is 20.0 Å². The number of amides is 2. The van der Waals surface area contributed by atoms with E-state index in [1.807, 2.05) is 19.9 Å². The van der Waals surface area contributed by atoms with Crippen LogP contribution in [0.15, 0.2) is 36.5 Å². The number of nitrogens with zero attached hydrogens (tertiary/aromatic N) is 2. The standard InChI is InChI=1S/C18H18F3N3O2/c1-11-5-4-6-14(12(11)2)23-16(25)10-24(3)17(26)13-7-8-15(22-9-13)18(19,20)21/h4-9H,10H2,1-3H3,(H,23,25). The van der Waals surface area contributed by atoms with Gasteiger partial charge in [-0.2, -0.15) is 13.2 Å². The highest BCUT2D eigenvalue weighted by Gasteiger charge is 2.32. The third-order valence-electron chi connectivity index (χ3n) is 3.91. The molecule has 2 rings (SSSR count). The van der Waals surface area contributed by atoms with E-state index in [4.69, 9.17) is 0 Å². The normalized spacial score (nSPS) is 11.2. The molecule has 0 aliphatic heterocycles. The lowest BCUT2D eigenvalue weighted by Gasteiger charge is -2.18. The highest BCUT2D eigenvalue weighted by Crippen LogP contribution is 2.27. The minimum atomic E-state index is -4.57. The zero-order valence-electron chi connectivity index (χ0n) is 14.5. The number of pyridine rings is 1. The third kappa shape index (κ3) is 4.59. The van der Waals surface area contributed by atoms with Crippen LogP contribution in [0.4, 0.5) is 18.9 Å². The van der Waals surface area contributed by atoms with Gasteiger partial charge in [0, 0.05) is 18.9 Å². The van der Waals surface area contributed by atoms with Gasteiger partial charge < -0.3 is 10.2 Å². The summed E-state index contributed by atoms with van der Waals surface area (Å²) in [6.45, 7) is 3.54. The van der Waals surface area contributed by atoms with Gasteiger partial charge in [-0.05, 0) is 43.2 Å². The summed E-state index contributed by atoms with van der Waals surface area (Å²) < 4.78 is 37.5. The summed E-state index contributed by atoms with van der Waals surface area (Å²) in [6, 6.07) is 7.25. The van der Waals surface area contributed by atoms with E-state index in [0.29, 0.717) is 5.69 Å². The molecule has 5 nitrogen and oxygen atoms in total. The summed E-state index contributed by atoms with van der Waals surface area (Å²) >= 11 is 0. The summed E-state index contributed by atoms with van der Waals surface area (Å²) in [5, 5.41) is 2.72. The van der Waals surface area contributed by atoms with Crippen molar-refractivity contribution < 1.29 is 22.8 Å². The van der Waals surface area contributed by atoms with Crippen molar-refractivity contribution in [1.29, 1.82) is 0 Å². The Kier molecular flexibility index (Phi) is 5.64. The van der Waals surface area contributed by atoms with Crippen LogP contribution in [0.1, 0.15) is 27.2 Å². The zero-order valence-corrected chi connectivity index (χ0v) is 14.5. The second kappa shape index (κ2) is 7.55. The molecule has 0 aliphatic carbocycles. The topological polar surface area (TPSA) is 62.3 Å². The number of carbonyl (C=O) groups excluding carboxylic acids is 2. The largest absolute Gasteiger partial charge is 0.433 e. The Morgan fingerprint density at radius 2 is 1.85 bits per heavy atom. The maximum atomic E-state index is 12.5. The maximum Gasteiger partial charge on any atom is 0.433 e. The molecule has 0 unspecified atom stereocenters. The van der Waals surface area contributed by atoms with Crippen LogP contribution in [0.5, 0.6) is 0 Å². The van der Waals surface area contributed by atoms with Gasteiger partial charge in [-0.25, -0.2) is 0 Å². The molecule has 1 aromatic heterocycles. The molecule has 26 heavy (non-hydrogen) atoms. The number of aryl methyl sites for hydroxylation is 1. The van der Waals surface area contributed by atoms with Crippen molar-refractivity contribution in [2.75, 3.05) is 18.9 Å². The monoisotopic (exact) mass is 365 g/mol. The fraction of sp³-hybridized carbons (Fsp3) is 0.278. The smallest absolute Gasteiger partial charge is 0.332 e. The number of hydrogen-bond donors (Lipinski definition) is 1. The molecule has 2 amide bonds. The molecule has 1 aromatic carbocycles. The first-order valence-corrected chi connectivity index (χ1v) is 7.74. The van der Waals surface area contributed by atoms with E-state index in [0.717, 1.165) is 34.4 Å². The van der Waals surface area contributed by atoms with Gasteiger partial charge in [0.1, 0.15) is 5.69 Å². The van der Waals surface area contributed by atoms with Crippen LogP contribution >= 0.6 is 0 Å². The minimum Gasteiger partial charge on any atom is -0.332 e. The van der Waals surface area contributed by atoms with Crippen LogP contribution in [0.3, 0.4) is 0 Å². The second-order valence-electron chi connectivity index (χ2n) is 5.89. The highest BCUT2D eigenvalue weighted by molar-refractivity contribution is 5.99. The highest BCUT2D eigenvalue weighted by atomic mass is 19.4. The first-order valence-electron chi connectivity index (χ1n) is 7.74. The van der Waals surface area contributed by atoms with Crippen molar-refractivity contribution in [3.63, 3.8) is 0 Å². The summed E-state index contributed by atoms with van der Waals surface area (Å²) in [7, 11) is 1.39. The minimum absolute atomic E-state index is 0.0277. The fourth-order valence-corrected chi connectivity index (χ4v) is 2.27. The number of alkyl halides is 3. The number of anilines is 1. The lowest BCUT2D eigenvalue weighted by Crippen LogP contribution is -2.35. The van der Waals surface area contributed by atoms with Crippen LogP contribution in [-0.4, -0.2) is 35.3 Å². The quantitative estimate of drug-likeness (QED) is 0.903. The molecule has 0 bridgehead atoms.